The van der Waals surface area contributed by atoms with E-state index in [-0.39, 0.29) is 29.1 Å². The molecule has 1 aliphatic carbocycles. The van der Waals surface area contributed by atoms with Crippen molar-refractivity contribution in [3.05, 3.63) is 79.9 Å². The number of likely N-dealkylation sites (tertiary alicyclic amines) is 1. The Morgan fingerprint density at radius 3 is 2.65 bits per heavy atom. The molecule has 0 spiro atoms. The summed E-state index contributed by atoms with van der Waals surface area (Å²) >= 11 is 7.67. The van der Waals surface area contributed by atoms with Crippen molar-refractivity contribution in [1.82, 2.24) is 29.1 Å². The second kappa shape index (κ2) is 14.7. The smallest absolute Gasteiger partial charge is 0.267 e. The number of pyridine rings is 2. The molecule has 1 saturated carbocycles. The Balaban J connectivity index is 1.20. The van der Waals surface area contributed by atoms with Gasteiger partial charge in [0.1, 0.15) is 28.9 Å². The number of hydrogen-bond donors (Lipinski definition) is 1. The second-order valence-corrected chi connectivity index (χ2v) is 16.8. The van der Waals surface area contributed by atoms with Gasteiger partial charge in [0, 0.05) is 65.5 Å². The maximum Gasteiger partial charge on any atom is 0.267 e. The second-order valence-electron chi connectivity index (χ2n) is 13.7. The number of carbonyl (C=O) groups excluding carboxylic acids is 1. The molecule has 2 aliphatic rings. The number of halogens is 2. The number of aromatic nitrogens is 4. The fourth-order valence-corrected chi connectivity index (χ4v) is 8.73. The van der Waals surface area contributed by atoms with E-state index in [2.05, 4.69) is 42.7 Å². The highest BCUT2D eigenvalue weighted by molar-refractivity contribution is 7.89. The van der Waals surface area contributed by atoms with Crippen molar-refractivity contribution < 1.29 is 17.6 Å². The third-order valence-corrected chi connectivity index (χ3v) is 11.7. The van der Waals surface area contributed by atoms with Gasteiger partial charge in [-0.25, -0.2) is 27.5 Å². The molecule has 2 fully saturated rings. The maximum atomic E-state index is 14.4. The summed E-state index contributed by atoms with van der Waals surface area (Å²) in [5.41, 5.74) is 1.45. The highest BCUT2D eigenvalue weighted by Crippen LogP contribution is 2.41. The molecular weight excluding hydrogens is 751 g/mol. The topological polar surface area (TPSA) is 154 Å². The molecule has 7 rings (SSSR count). The summed E-state index contributed by atoms with van der Waals surface area (Å²) in [7, 11) is -3.78. The van der Waals surface area contributed by atoms with Gasteiger partial charge in [-0.2, -0.15) is 5.26 Å². The first kappa shape index (κ1) is 37.4. The SMILES string of the molecule is CCN(c1ncc2nc(C)n(CC#Cc3ccc(Cl)cc3-c3ccnc4c(C(=O)NS(C)(=O)=O)csc34)c(=O)c2c1C#N)C1CCN(CC2(F)CC2)CC1. The lowest BCUT2D eigenvalue weighted by atomic mass is 10.00. The van der Waals surface area contributed by atoms with E-state index in [9.17, 15) is 27.7 Å². The first-order valence-corrected chi connectivity index (χ1v) is 20.6. The van der Waals surface area contributed by atoms with Crippen LogP contribution in [0.2, 0.25) is 5.02 Å². The van der Waals surface area contributed by atoms with Gasteiger partial charge in [-0.1, -0.05) is 23.4 Å². The fraction of sp³-hybridized carbons (Fsp3) is 0.368. The number of nitriles is 1. The third-order valence-electron chi connectivity index (χ3n) is 9.90. The highest BCUT2D eigenvalue weighted by Gasteiger charge is 2.45. The number of hydrogen-bond acceptors (Lipinski definition) is 11. The number of fused-ring (bicyclic) bond motifs is 2. The van der Waals surface area contributed by atoms with Gasteiger partial charge in [-0.15, -0.1) is 11.3 Å². The minimum Gasteiger partial charge on any atom is -0.353 e. The largest absolute Gasteiger partial charge is 0.353 e. The summed E-state index contributed by atoms with van der Waals surface area (Å²) in [5.74, 6) is 6.33. The third kappa shape index (κ3) is 7.54. The molecule has 5 heterocycles. The van der Waals surface area contributed by atoms with Crippen molar-refractivity contribution >= 4 is 65.8 Å². The van der Waals surface area contributed by atoms with Crippen molar-refractivity contribution in [3.8, 4) is 29.0 Å². The van der Waals surface area contributed by atoms with Gasteiger partial charge in [0.15, 0.2) is 0 Å². The van der Waals surface area contributed by atoms with E-state index in [4.69, 9.17) is 11.6 Å². The molecule has 12 nitrogen and oxygen atoms in total. The van der Waals surface area contributed by atoms with Gasteiger partial charge in [-0.05, 0) is 63.8 Å². The number of amides is 1. The Hall–Kier alpha value is -4.93. The van der Waals surface area contributed by atoms with Crippen LogP contribution >= 0.6 is 22.9 Å². The molecule has 5 aromatic rings. The first-order valence-electron chi connectivity index (χ1n) is 17.4. The van der Waals surface area contributed by atoms with Gasteiger partial charge < -0.3 is 9.80 Å². The molecule has 0 atom stereocenters. The molecule has 0 radical (unpaired) electrons. The van der Waals surface area contributed by atoms with Crippen LogP contribution < -0.4 is 15.2 Å². The van der Waals surface area contributed by atoms with Crippen LogP contribution in [0.5, 0.6) is 0 Å². The van der Waals surface area contributed by atoms with Crippen molar-refractivity contribution in [2.24, 2.45) is 0 Å². The van der Waals surface area contributed by atoms with Crippen LogP contribution in [-0.2, 0) is 16.6 Å². The van der Waals surface area contributed by atoms with E-state index in [1.54, 1.807) is 42.8 Å². The molecule has 0 unspecified atom stereocenters. The van der Waals surface area contributed by atoms with Crippen LogP contribution in [0.4, 0.5) is 10.2 Å². The summed E-state index contributed by atoms with van der Waals surface area (Å²) in [6, 6.07) is 9.30. The lowest BCUT2D eigenvalue weighted by molar-refractivity contribution is 0.0983. The molecule has 1 aromatic carbocycles. The zero-order valence-electron chi connectivity index (χ0n) is 29.8. The van der Waals surface area contributed by atoms with E-state index in [1.807, 2.05) is 11.6 Å². The number of piperidine rings is 1. The first-order chi connectivity index (χ1) is 25.8. The molecule has 1 aliphatic heterocycles. The maximum absolute atomic E-state index is 14.4. The lowest BCUT2D eigenvalue weighted by Crippen LogP contribution is -2.47. The van der Waals surface area contributed by atoms with E-state index >= 15 is 0 Å². The molecule has 1 amide bonds. The van der Waals surface area contributed by atoms with E-state index < -0.39 is 27.2 Å². The molecule has 278 valence electrons. The minimum atomic E-state index is -3.78. The van der Waals surface area contributed by atoms with Crippen LogP contribution in [0.1, 0.15) is 59.9 Å². The number of thiophene rings is 1. The van der Waals surface area contributed by atoms with Crippen LogP contribution in [0.3, 0.4) is 0 Å². The van der Waals surface area contributed by atoms with E-state index in [0.29, 0.717) is 75.0 Å². The lowest BCUT2D eigenvalue weighted by Gasteiger charge is -2.39. The van der Waals surface area contributed by atoms with Gasteiger partial charge in [0.2, 0.25) is 10.0 Å². The van der Waals surface area contributed by atoms with Gasteiger partial charge in [0.25, 0.3) is 11.5 Å². The summed E-state index contributed by atoms with van der Waals surface area (Å²) < 4.78 is 41.9. The van der Waals surface area contributed by atoms with Crippen molar-refractivity contribution in [2.75, 3.05) is 37.3 Å². The van der Waals surface area contributed by atoms with Crippen LogP contribution in [0.25, 0.3) is 32.2 Å². The van der Waals surface area contributed by atoms with Gasteiger partial charge >= 0.3 is 0 Å². The fourth-order valence-electron chi connectivity index (χ4n) is 7.08. The quantitative estimate of drug-likeness (QED) is 0.191. The predicted octanol–water partition coefficient (Wildman–Crippen LogP) is 5.44. The van der Waals surface area contributed by atoms with Crippen LogP contribution in [0.15, 0.2) is 46.8 Å². The average Bonchev–Trinajstić information content (AvgIpc) is 3.69. The zero-order chi connectivity index (χ0) is 38.4. The van der Waals surface area contributed by atoms with Crippen LogP contribution in [0, 0.1) is 30.1 Å². The number of sulfonamides is 1. The summed E-state index contributed by atoms with van der Waals surface area (Å²) in [5, 5.41) is 12.6. The zero-order valence-corrected chi connectivity index (χ0v) is 32.2. The number of nitrogens with one attached hydrogen (secondary N) is 1. The van der Waals surface area contributed by atoms with Crippen molar-refractivity contribution in [1.29, 1.82) is 5.26 Å². The van der Waals surface area contributed by atoms with E-state index in [0.717, 1.165) is 32.2 Å². The molecule has 54 heavy (non-hydrogen) atoms. The monoisotopic (exact) mass is 786 g/mol. The molecule has 4 aromatic heterocycles. The average molecular weight is 787 g/mol. The van der Waals surface area contributed by atoms with E-state index in [1.165, 1.54) is 22.1 Å². The number of alkyl halides is 1. The summed E-state index contributed by atoms with van der Waals surface area (Å²) in [6.07, 6.45) is 6.83. The molecular formula is C38H36ClFN8O4S2. The number of carbonyl (C=O) groups is 1. The van der Waals surface area contributed by atoms with Gasteiger partial charge in [0.05, 0.1) is 45.7 Å². The molecule has 16 heteroatoms. The van der Waals surface area contributed by atoms with Crippen molar-refractivity contribution in [2.45, 2.75) is 57.8 Å². The normalized spacial score (nSPS) is 15.8. The predicted molar refractivity (Wildman–Crippen MR) is 208 cm³/mol. The Labute approximate surface area is 320 Å². The molecule has 1 N–H and O–H groups in total. The number of aryl methyl sites for hydroxylation is 1. The standard InChI is InChI=1S/C38H36ClFN8O4S2/c1-4-47(26-10-16-46(17-11-26)22-38(40)12-13-38)35-29(19-41)32-31(20-43-35)44-23(2)48(37(32)50)15-5-6-24-7-8-25(39)18-28(24)27-9-14-42-33-30(21-53-34(27)33)36(49)45-54(3,51)52/h7-9,14,18,20-21,26H,4,10-13,15-17,22H2,1-3H3,(H,45,49). The molecule has 1 saturated heterocycles. The highest BCUT2D eigenvalue weighted by atomic mass is 35.5. The Kier molecular flexibility index (Phi) is 10.2. The summed E-state index contributed by atoms with van der Waals surface area (Å²) in [6.45, 7) is 6.24. The Morgan fingerprint density at radius 2 is 1.96 bits per heavy atom. The molecule has 0 bridgehead atoms. The number of benzene rings is 1. The minimum absolute atomic E-state index is 0.0230. The number of nitrogens with zero attached hydrogens (tertiary/aromatic N) is 7. The summed E-state index contributed by atoms with van der Waals surface area (Å²) in [4.78, 5) is 44.7. The van der Waals surface area contributed by atoms with Gasteiger partial charge in [-0.3, -0.25) is 19.1 Å². The van der Waals surface area contributed by atoms with Crippen LogP contribution in [-0.4, -0.2) is 82.9 Å². The Morgan fingerprint density at radius 1 is 1.20 bits per heavy atom. The Bertz CT molecular complexity index is 2600. The number of rotatable bonds is 9. The number of anilines is 1. The van der Waals surface area contributed by atoms with Crippen molar-refractivity contribution in [3.63, 3.8) is 0 Å².